The van der Waals surface area contributed by atoms with Gasteiger partial charge in [-0.25, -0.2) is 4.79 Å². The molecule has 0 aliphatic rings. The Morgan fingerprint density at radius 1 is 1.50 bits per heavy atom. The fraction of sp³-hybridized carbons (Fsp3) is 0.462. The molecule has 1 atom stereocenters. The number of nitrogens with one attached hydrogen (secondary N) is 2. The molecule has 18 heavy (non-hydrogen) atoms. The Labute approximate surface area is 105 Å². The number of benzene rings is 1. The molecule has 0 spiro atoms. The van der Waals surface area contributed by atoms with Gasteiger partial charge in [-0.1, -0.05) is 13.0 Å². The summed E-state index contributed by atoms with van der Waals surface area (Å²) in [7, 11) is 0. The second kappa shape index (κ2) is 5.84. The van der Waals surface area contributed by atoms with Gasteiger partial charge in [0, 0.05) is 6.54 Å². The molecule has 0 aliphatic heterocycles. The van der Waals surface area contributed by atoms with Crippen molar-refractivity contribution in [1.29, 1.82) is 0 Å². The number of rotatable bonds is 6. The summed E-state index contributed by atoms with van der Waals surface area (Å²) >= 11 is 0. The van der Waals surface area contributed by atoms with Crippen LogP contribution in [0.1, 0.15) is 18.9 Å². The highest BCUT2D eigenvalue weighted by Gasteiger charge is 2.03. The van der Waals surface area contributed by atoms with Crippen LogP contribution in [0.25, 0.3) is 11.1 Å². The van der Waals surface area contributed by atoms with E-state index in [1.807, 2.05) is 18.2 Å². The second-order valence-electron chi connectivity index (χ2n) is 4.66. The lowest BCUT2D eigenvalue weighted by atomic mass is 10.1. The van der Waals surface area contributed by atoms with Gasteiger partial charge in [-0.05, 0) is 43.1 Å². The summed E-state index contributed by atoms with van der Waals surface area (Å²) in [5, 5.41) is 3.38. The van der Waals surface area contributed by atoms with Crippen LogP contribution in [-0.2, 0) is 6.54 Å². The maximum atomic E-state index is 11.0. The van der Waals surface area contributed by atoms with Crippen molar-refractivity contribution < 1.29 is 4.42 Å². The number of nitrogens with two attached hydrogens (primary N) is 1. The summed E-state index contributed by atoms with van der Waals surface area (Å²) in [6.07, 6.45) is 1.03. The topological polar surface area (TPSA) is 84.0 Å². The predicted molar refractivity (Wildman–Crippen MR) is 71.4 cm³/mol. The molecule has 0 bridgehead atoms. The van der Waals surface area contributed by atoms with Crippen LogP contribution >= 0.6 is 0 Å². The van der Waals surface area contributed by atoms with Crippen LogP contribution in [0, 0.1) is 5.92 Å². The molecular formula is C13H19N3O2. The van der Waals surface area contributed by atoms with Crippen LogP contribution in [0.15, 0.2) is 27.4 Å². The highest BCUT2D eigenvalue weighted by molar-refractivity contribution is 5.72. The summed E-state index contributed by atoms with van der Waals surface area (Å²) in [5.74, 6) is 0.166. The number of aromatic nitrogens is 1. The van der Waals surface area contributed by atoms with Crippen LogP contribution < -0.4 is 16.8 Å². The SMILES string of the molecule is CC(CCN)CNCc1ccc2oc(=O)[nH]c2c1. The monoisotopic (exact) mass is 249 g/mol. The molecule has 0 saturated carbocycles. The largest absolute Gasteiger partial charge is 0.417 e. The number of hydrogen-bond donors (Lipinski definition) is 3. The zero-order valence-electron chi connectivity index (χ0n) is 10.5. The van der Waals surface area contributed by atoms with Gasteiger partial charge < -0.3 is 15.5 Å². The van der Waals surface area contributed by atoms with E-state index < -0.39 is 5.76 Å². The van der Waals surface area contributed by atoms with Gasteiger partial charge in [0.25, 0.3) is 0 Å². The maximum absolute atomic E-state index is 11.0. The highest BCUT2D eigenvalue weighted by atomic mass is 16.4. The van der Waals surface area contributed by atoms with E-state index in [0.717, 1.165) is 37.1 Å². The molecular weight excluding hydrogens is 230 g/mol. The molecule has 4 N–H and O–H groups in total. The summed E-state index contributed by atoms with van der Waals surface area (Å²) in [5.41, 5.74) is 7.97. The molecule has 98 valence electrons. The average molecular weight is 249 g/mol. The van der Waals surface area contributed by atoms with Gasteiger partial charge >= 0.3 is 5.76 Å². The standard InChI is InChI=1S/C13H19N3O2/c1-9(4-5-14)7-15-8-10-2-3-12-11(6-10)16-13(17)18-12/h2-3,6,9,15H,4-5,7-8,14H2,1H3,(H,16,17). The predicted octanol–water partition coefficient (Wildman–Crippen LogP) is 1.20. The molecule has 2 aromatic rings. The summed E-state index contributed by atoms with van der Waals surface area (Å²) in [6, 6.07) is 5.70. The molecule has 2 rings (SSSR count). The first-order chi connectivity index (χ1) is 8.69. The van der Waals surface area contributed by atoms with Gasteiger partial charge in [0.05, 0.1) is 5.52 Å². The van der Waals surface area contributed by atoms with E-state index in [0.29, 0.717) is 11.5 Å². The van der Waals surface area contributed by atoms with Crippen molar-refractivity contribution in [3.8, 4) is 0 Å². The Hall–Kier alpha value is -1.59. The summed E-state index contributed by atoms with van der Waals surface area (Å²) in [4.78, 5) is 13.7. The number of hydrogen-bond acceptors (Lipinski definition) is 4. The molecule has 5 nitrogen and oxygen atoms in total. The normalized spacial score (nSPS) is 13.0. The van der Waals surface area contributed by atoms with Gasteiger partial charge in [0.15, 0.2) is 5.58 Å². The van der Waals surface area contributed by atoms with Gasteiger partial charge in [-0.3, -0.25) is 4.98 Å². The lowest BCUT2D eigenvalue weighted by molar-refractivity contribution is 0.487. The zero-order chi connectivity index (χ0) is 13.0. The minimum absolute atomic E-state index is 0.410. The molecule has 0 fully saturated rings. The molecule has 0 radical (unpaired) electrons. The van der Waals surface area contributed by atoms with Crippen molar-refractivity contribution in [2.75, 3.05) is 13.1 Å². The van der Waals surface area contributed by atoms with E-state index in [-0.39, 0.29) is 0 Å². The lowest BCUT2D eigenvalue weighted by Gasteiger charge is -2.11. The van der Waals surface area contributed by atoms with E-state index in [1.165, 1.54) is 0 Å². The van der Waals surface area contributed by atoms with E-state index in [2.05, 4.69) is 17.2 Å². The smallest absolute Gasteiger partial charge is 0.408 e. The van der Waals surface area contributed by atoms with Crippen molar-refractivity contribution in [3.63, 3.8) is 0 Å². The van der Waals surface area contributed by atoms with Crippen LogP contribution in [-0.4, -0.2) is 18.1 Å². The van der Waals surface area contributed by atoms with Crippen molar-refractivity contribution >= 4 is 11.1 Å². The maximum Gasteiger partial charge on any atom is 0.417 e. The van der Waals surface area contributed by atoms with Gasteiger partial charge in [0.1, 0.15) is 0 Å². The average Bonchev–Trinajstić information content (AvgIpc) is 2.69. The fourth-order valence-corrected chi connectivity index (χ4v) is 1.96. The van der Waals surface area contributed by atoms with E-state index in [9.17, 15) is 4.79 Å². The van der Waals surface area contributed by atoms with Crippen LogP contribution in [0.4, 0.5) is 0 Å². The van der Waals surface area contributed by atoms with E-state index in [4.69, 9.17) is 10.2 Å². The van der Waals surface area contributed by atoms with E-state index >= 15 is 0 Å². The number of fused-ring (bicyclic) bond motifs is 1. The van der Waals surface area contributed by atoms with Crippen LogP contribution in [0.5, 0.6) is 0 Å². The fourth-order valence-electron chi connectivity index (χ4n) is 1.96. The first-order valence-corrected chi connectivity index (χ1v) is 6.21. The van der Waals surface area contributed by atoms with Crippen molar-refractivity contribution in [2.45, 2.75) is 19.9 Å². The molecule has 1 unspecified atom stereocenters. The van der Waals surface area contributed by atoms with Crippen LogP contribution in [0.2, 0.25) is 0 Å². The lowest BCUT2D eigenvalue weighted by Crippen LogP contribution is -2.22. The first-order valence-electron chi connectivity index (χ1n) is 6.21. The summed E-state index contributed by atoms with van der Waals surface area (Å²) in [6.45, 7) is 4.62. The summed E-state index contributed by atoms with van der Waals surface area (Å²) < 4.78 is 4.95. The van der Waals surface area contributed by atoms with Crippen molar-refractivity contribution in [3.05, 3.63) is 34.3 Å². The number of H-pyrrole nitrogens is 1. The molecule has 1 aromatic heterocycles. The Morgan fingerprint density at radius 3 is 3.11 bits per heavy atom. The minimum Gasteiger partial charge on any atom is -0.408 e. The molecule has 1 aromatic carbocycles. The molecule has 0 aliphatic carbocycles. The number of oxazole rings is 1. The Morgan fingerprint density at radius 2 is 2.33 bits per heavy atom. The third kappa shape index (κ3) is 3.21. The van der Waals surface area contributed by atoms with E-state index in [1.54, 1.807) is 0 Å². The Bertz CT molecular complexity index is 559. The Kier molecular flexibility index (Phi) is 4.17. The zero-order valence-corrected chi connectivity index (χ0v) is 10.5. The van der Waals surface area contributed by atoms with Crippen LogP contribution in [0.3, 0.4) is 0 Å². The van der Waals surface area contributed by atoms with Crippen molar-refractivity contribution in [1.82, 2.24) is 10.3 Å². The third-order valence-electron chi connectivity index (χ3n) is 2.96. The van der Waals surface area contributed by atoms with Gasteiger partial charge in [-0.15, -0.1) is 0 Å². The molecule has 5 heteroatoms. The van der Waals surface area contributed by atoms with Crippen molar-refractivity contribution in [2.24, 2.45) is 11.7 Å². The molecule has 0 saturated heterocycles. The third-order valence-corrected chi connectivity index (χ3v) is 2.96. The Balaban J connectivity index is 1.93. The quantitative estimate of drug-likeness (QED) is 0.718. The minimum atomic E-state index is -0.410. The highest BCUT2D eigenvalue weighted by Crippen LogP contribution is 2.12. The van der Waals surface area contributed by atoms with Gasteiger partial charge in [0.2, 0.25) is 0 Å². The molecule has 1 heterocycles. The second-order valence-corrected chi connectivity index (χ2v) is 4.66. The first kappa shape index (κ1) is 12.9. The molecule has 0 amide bonds. The number of aromatic amines is 1. The van der Waals surface area contributed by atoms with Gasteiger partial charge in [-0.2, -0.15) is 0 Å².